The normalized spacial score (nSPS) is 16.7. The van der Waals surface area contributed by atoms with Gasteiger partial charge in [-0.1, -0.05) is 25.9 Å². The van der Waals surface area contributed by atoms with Crippen molar-refractivity contribution in [2.45, 2.75) is 43.9 Å². The van der Waals surface area contributed by atoms with Gasteiger partial charge in [0.2, 0.25) is 15.9 Å². The van der Waals surface area contributed by atoms with Crippen molar-refractivity contribution >= 4 is 21.7 Å². The number of rotatable bonds is 4. The number of amides is 1. The van der Waals surface area contributed by atoms with Gasteiger partial charge < -0.3 is 9.84 Å². The van der Waals surface area contributed by atoms with Crippen LogP contribution in [0.3, 0.4) is 0 Å². The molecule has 29 heavy (non-hydrogen) atoms. The summed E-state index contributed by atoms with van der Waals surface area (Å²) in [4.78, 5) is 11.8. The second-order valence-corrected chi connectivity index (χ2v) is 9.98. The van der Waals surface area contributed by atoms with E-state index in [0.717, 1.165) is 16.4 Å². The monoisotopic (exact) mass is 427 g/mol. The van der Waals surface area contributed by atoms with Gasteiger partial charge in [-0.25, -0.2) is 17.2 Å². The molecule has 0 bridgehead atoms. The molecular weight excluding hydrogens is 404 g/mol. The molecule has 1 N–H and O–H groups in total. The number of halogens is 2. The minimum Gasteiger partial charge on any atom is -0.359 e. The summed E-state index contributed by atoms with van der Waals surface area (Å²) in [6.45, 7) is 5.93. The standard InChI is InChI=1S/C19H23F2N3O4S/c1-19(2,3)16-11-17(23-28-16)22-18(25)12-6-8-24(9-7-12)29(26,27)15-10-13(20)4-5-14(15)21/h4-5,10-12H,6-9H2,1-3H3,(H,22,23,25). The van der Waals surface area contributed by atoms with Crippen LogP contribution in [0.5, 0.6) is 0 Å². The van der Waals surface area contributed by atoms with Crippen LogP contribution in [0.4, 0.5) is 14.6 Å². The second kappa shape index (κ2) is 7.83. The molecule has 10 heteroatoms. The molecule has 2 aromatic rings. The fourth-order valence-electron chi connectivity index (χ4n) is 3.09. The summed E-state index contributed by atoms with van der Waals surface area (Å²) in [5.41, 5.74) is -0.248. The zero-order valence-electron chi connectivity index (χ0n) is 16.4. The van der Waals surface area contributed by atoms with E-state index in [1.165, 1.54) is 0 Å². The molecule has 1 aromatic heterocycles. The second-order valence-electron chi connectivity index (χ2n) is 8.07. The van der Waals surface area contributed by atoms with Crippen LogP contribution in [-0.4, -0.2) is 36.9 Å². The van der Waals surface area contributed by atoms with E-state index >= 15 is 0 Å². The molecule has 2 heterocycles. The van der Waals surface area contributed by atoms with Crippen molar-refractivity contribution in [3.05, 3.63) is 41.7 Å². The molecule has 1 amide bonds. The lowest BCUT2D eigenvalue weighted by atomic mass is 9.93. The number of benzene rings is 1. The van der Waals surface area contributed by atoms with Gasteiger partial charge in [0.1, 0.15) is 22.3 Å². The maximum atomic E-state index is 13.9. The fraction of sp³-hybridized carbons (Fsp3) is 0.474. The van der Waals surface area contributed by atoms with Crippen molar-refractivity contribution < 1.29 is 26.5 Å². The minimum absolute atomic E-state index is 0.0302. The SMILES string of the molecule is CC(C)(C)c1cc(NC(=O)C2CCN(S(=O)(=O)c3cc(F)ccc3F)CC2)no1. The Kier molecular flexibility index (Phi) is 5.77. The van der Waals surface area contributed by atoms with Crippen molar-refractivity contribution in [2.75, 3.05) is 18.4 Å². The van der Waals surface area contributed by atoms with E-state index in [-0.39, 0.29) is 37.3 Å². The first kappa shape index (κ1) is 21.4. The van der Waals surface area contributed by atoms with Gasteiger partial charge in [0, 0.05) is 30.5 Å². The third kappa shape index (κ3) is 4.64. The molecule has 0 unspecified atom stereocenters. The van der Waals surface area contributed by atoms with Gasteiger partial charge in [0.25, 0.3) is 0 Å². The number of carbonyl (C=O) groups excluding carboxylic acids is 1. The Labute approximate surface area is 168 Å². The molecule has 0 spiro atoms. The van der Waals surface area contributed by atoms with Crippen LogP contribution >= 0.6 is 0 Å². The van der Waals surface area contributed by atoms with Gasteiger partial charge in [-0.15, -0.1) is 0 Å². The van der Waals surface area contributed by atoms with Crippen LogP contribution in [0.25, 0.3) is 0 Å². The molecule has 0 aliphatic carbocycles. The fourth-order valence-corrected chi connectivity index (χ4v) is 4.63. The van der Waals surface area contributed by atoms with Crippen LogP contribution in [0.1, 0.15) is 39.4 Å². The summed E-state index contributed by atoms with van der Waals surface area (Å²) in [6, 6.07) is 3.97. The average Bonchev–Trinajstić information content (AvgIpc) is 3.12. The molecule has 0 saturated carbocycles. The van der Waals surface area contributed by atoms with Crippen LogP contribution in [0.2, 0.25) is 0 Å². The predicted octanol–water partition coefficient (Wildman–Crippen LogP) is 3.29. The number of nitrogens with one attached hydrogen (secondary N) is 1. The van der Waals surface area contributed by atoms with E-state index in [1.807, 2.05) is 20.8 Å². The molecule has 1 aromatic carbocycles. The number of hydrogen-bond acceptors (Lipinski definition) is 5. The van der Waals surface area contributed by atoms with Gasteiger partial charge in [0.15, 0.2) is 5.82 Å². The first-order valence-electron chi connectivity index (χ1n) is 9.22. The Morgan fingerprint density at radius 3 is 2.45 bits per heavy atom. The number of piperidine rings is 1. The molecular formula is C19H23F2N3O4S. The topological polar surface area (TPSA) is 92.5 Å². The minimum atomic E-state index is -4.18. The molecule has 1 fully saturated rings. The highest BCUT2D eigenvalue weighted by molar-refractivity contribution is 7.89. The van der Waals surface area contributed by atoms with Crippen molar-refractivity contribution in [1.82, 2.24) is 9.46 Å². The molecule has 1 aliphatic heterocycles. The number of nitrogens with zero attached hydrogens (tertiary/aromatic N) is 2. The first-order valence-corrected chi connectivity index (χ1v) is 10.7. The molecule has 0 radical (unpaired) electrons. The van der Waals surface area contributed by atoms with E-state index < -0.39 is 32.5 Å². The quantitative estimate of drug-likeness (QED) is 0.808. The average molecular weight is 427 g/mol. The smallest absolute Gasteiger partial charge is 0.246 e. The summed E-state index contributed by atoms with van der Waals surface area (Å²) >= 11 is 0. The van der Waals surface area contributed by atoms with Crippen LogP contribution in [-0.2, 0) is 20.2 Å². The number of sulfonamides is 1. The predicted molar refractivity (Wildman–Crippen MR) is 102 cm³/mol. The highest BCUT2D eigenvalue weighted by Crippen LogP contribution is 2.28. The Hall–Kier alpha value is -2.33. The molecule has 1 saturated heterocycles. The maximum absolute atomic E-state index is 13.9. The van der Waals surface area contributed by atoms with Crippen molar-refractivity contribution in [2.24, 2.45) is 5.92 Å². The highest BCUT2D eigenvalue weighted by atomic mass is 32.2. The summed E-state index contributed by atoms with van der Waals surface area (Å²) in [7, 11) is -4.18. The van der Waals surface area contributed by atoms with Crippen molar-refractivity contribution in [3.63, 3.8) is 0 Å². The van der Waals surface area contributed by atoms with E-state index in [2.05, 4.69) is 10.5 Å². The van der Waals surface area contributed by atoms with Gasteiger partial charge in [0.05, 0.1) is 0 Å². The van der Waals surface area contributed by atoms with Gasteiger partial charge in [-0.3, -0.25) is 4.79 Å². The largest absolute Gasteiger partial charge is 0.359 e. The lowest BCUT2D eigenvalue weighted by Crippen LogP contribution is -2.41. The van der Waals surface area contributed by atoms with Crippen LogP contribution < -0.4 is 5.32 Å². The molecule has 1 aliphatic rings. The summed E-state index contributed by atoms with van der Waals surface area (Å²) < 4.78 is 58.8. The first-order chi connectivity index (χ1) is 13.5. The molecule has 7 nitrogen and oxygen atoms in total. The summed E-state index contributed by atoms with van der Waals surface area (Å²) in [5, 5.41) is 6.52. The van der Waals surface area contributed by atoms with Crippen LogP contribution in [0, 0.1) is 17.6 Å². The summed E-state index contributed by atoms with van der Waals surface area (Å²) in [5.74, 6) is -1.61. The van der Waals surface area contributed by atoms with E-state index in [9.17, 15) is 22.0 Å². The highest BCUT2D eigenvalue weighted by Gasteiger charge is 2.34. The summed E-state index contributed by atoms with van der Waals surface area (Å²) in [6.07, 6.45) is 0.512. The Bertz CT molecular complexity index is 1010. The Morgan fingerprint density at radius 1 is 1.21 bits per heavy atom. The Balaban J connectivity index is 1.63. The lowest BCUT2D eigenvalue weighted by Gasteiger charge is -2.30. The van der Waals surface area contributed by atoms with Crippen molar-refractivity contribution in [3.8, 4) is 0 Å². The van der Waals surface area contributed by atoms with Crippen LogP contribution in [0.15, 0.2) is 33.7 Å². The molecule has 0 atom stereocenters. The van der Waals surface area contributed by atoms with Gasteiger partial charge in [-0.2, -0.15) is 4.31 Å². The zero-order chi connectivity index (χ0) is 21.4. The van der Waals surface area contributed by atoms with Gasteiger partial charge >= 0.3 is 0 Å². The number of aromatic nitrogens is 1. The Morgan fingerprint density at radius 2 is 1.86 bits per heavy atom. The third-order valence-electron chi connectivity index (χ3n) is 4.84. The van der Waals surface area contributed by atoms with E-state index in [0.29, 0.717) is 17.6 Å². The number of hydrogen-bond donors (Lipinski definition) is 1. The molecule has 158 valence electrons. The van der Waals surface area contributed by atoms with E-state index in [1.54, 1.807) is 6.07 Å². The van der Waals surface area contributed by atoms with Gasteiger partial charge in [-0.05, 0) is 31.0 Å². The lowest BCUT2D eigenvalue weighted by molar-refractivity contribution is -0.120. The van der Waals surface area contributed by atoms with E-state index in [4.69, 9.17) is 4.52 Å². The number of anilines is 1. The van der Waals surface area contributed by atoms with Crippen molar-refractivity contribution in [1.29, 1.82) is 0 Å². The molecule has 3 rings (SSSR count). The zero-order valence-corrected chi connectivity index (χ0v) is 17.2. The number of carbonyl (C=O) groups is 1. The third-order valence-corrected chi connectivity index (χ3v) is 6.75. The maximum Gasteiger partial charge on any atom is 0.246 e.